The predicted molar refractivity (Wildman–Crippen MR) is 76.5 cm³/mol. The quantitative estimate of drug-likeness (QED) is 0.887. The average molecular weight is 311 g/mol. The summed E-state index contributed by atoms with van der Waals surface area (Å²) in [7, 11) is -3.63. The van der Waals surface area contributed by atoms with E-state index in [9.17, 15) is 13.2 Å². The van der Waals surface area contributed by atoms with Crippen LogP contribution in [0.1, 0.15) is 20.1 Å². The van der Waals surface area contributed by atoms with Crippen LogP contribution in [0.2, 0.25) is 0 Å². The van der Waals surface area contributed by atoms with E-state index in [1.165, 1.54) is 35.6 Å². The second-order valence-corrected chi connectivity index (χ2v) is 7.31. The van der Waals surface area contributed by atoms with Gasteiger partial charge in [0.25, 0.3) is 0 Å². The molecule has 0 saturated heterocycles. The lowest BCUT2D eigenvalue weighted by atomic mass is 10.2. The van der Waals surface area contributed by atoms with Gasteiger partial charge in [-0.15, -0.1) is 11.3 Å². The van der Waals surface area contributed by atoms with Gasteiger partial charge in [0.15, 0.2) is 0 Å². The zero-order chi connectivity index (χ0) is 14.8. The standard InChI is InChI=1S/C13H13NO4S2/c1-9-2-5-11(19-9)8-14-20(17,18)12-6-3-10(4-7-12)13(15)16/h2-7,14H,8H2,1H3,(H,15,16). The maximum absolute atomic E-state index is 12.0. The van der Waals surface area contributed by atoms with E-state index in [4.69, 9.17) is 5.11 Å². The third-order valence-electron chi connectivity index (χ3n) is 2.64. The fourth-order valence-electron chi connectivity index (χ4n) is 1.61. The molecule has 0 radical (unpaired) electrons. The van der Waals surface area contributed by atoms with Crippen LogP contribution in [0.4, 0.5) is 0 Å². The molecule has 1 aromatic carbocycles. The zero-order valence-corrected chi connectivity index (χ0v) is 12.3. The molecule has 0 fully saturated rings. The number of sulfonamides is 1. The van der Waals surface area contributed by atoms with E-state index >= 15 is 0 Å². The average Bonchev–Trinajstić information content (AvgIpc) is 2.82. The fourth-order valence-corrected chi connectivity index (χ4v) is 3.53. The topological polar surface area (TPSA) is 83.5 Å². The second kappa shape index (κ2) is 5.74. The monoisotopic (exact) mass is 311 g/mol. The van der Waals surface area contributed by atoms with Crippen molar-refractivity contribution in [2.75, 3.05) is 0 Å². The third kappa shape index (κ3) is 3.44. The summed E-state index contributed by atoms with van der Waals surface area (Å²) in [6.07, 6.45) is 0. The lowest BCUT2D eigenvalue weighted by molar-refractivity contribution is 0.0696. The van der Waals surface area contributed by atoms with Crippen LogP contribution in [0.25, 0.3) is 0 Å². The van der Waals surface area contributed by atoms with Crippen molar-refractivity contribution in [3.8, 4) is 0 Å². The molecule has 0 spiro atoms. The highest BCUT2D eigenvalue weighted by Gasteiger charge is 2.14. The molecule has 0 aliphatic rings. The number of carboxylic acid groups (broad SMARTS) is 1. The van der Waals surface area contributed by atoms with Crippen molar-refractivity contribution in [3.63, 3.8) is 0 Å². The number of aryl methyl sites for hydroxylation is 1. The van der Waals surface area contributed by atoms with Crippen molar-refractivity contribution < 1.29 is 18.3 Å². The van der Waals surface area contributed by atoms with Gasteiger partial charge < -0.3 is 5.11 Å². The molecule has 0 bridgehead atoms. The maximum atomic E-state index is 12.0. The van der Waals surface area contributed by atoms with E-state index < -0.39 is 16.0 Å². The molecule has 1 heterocycles. The molecule has 5 nitrogen and oxygen atoms in total. The van der Waals surface area contributed by atoms with E-state index in [1.54, 1.807) is 0 Å². The summed E-state index contributed by atoms with van der Waals surface area (Å²) < 4.78 is 26.6. The minimum Gasteiger partial charge on any atom is -0.478 e. The van der Waals surface area contributed by atoms with Crippen LogP contribution >= 0.6 is 11.3 Å². The fraction of sp³-hybridized carbons (Fsp3) is 0.154. The first-order chi connectivity index (χ1) is 9.38. The van der Waals surface area contributed by atoms with Crippen LogP contribution in [0.5, 0.6) is 0 Å². The number of hydrogen-bond acceptors (Lipinski definition) is 4. The number of thiophene rings is 1. The second-order valence-electron chi connectivity index (χ2n) is 4.17. The van der Waals surface area contributed by atoms with Crippen LogP contribution in [0.3, 0.4) is 0 Å². The van der Waals surface area contributed by atoms with Gasteiger partial charge in [0.05, 0.1) is 10.5 Å². The van der Waals surface area contributed by atoms with Gasteiger partial charge in [-0.05, 0) is 43.3 Å². The molecule has 2 aromatic rings. The van der Waals surface area contributed by atoms with Crippen molar-refractivity contribution in [1.29, 1.82) is 0 Å². The van der Waals surface area contributed by atoms with Gasteiger partial charge in [-0.2, -0.15) is 0 Å². The molecule has 2 rings (SSSR count). The Hall–Kier alpha value is -1.70. The summed E-state index contributed by atoms with van der Waals surface area (Å²) in [6.45, 7) is 2.18. The molecule has 2 N–H and O–H groups in total. The number of nitrogens with one attached hydrogen (secondary N) is 1. The molecule has 20 heavy (non-hydrogen) atoms. The molecule has 0 amide bonds. The largest absolute Gasteiger partial charge is 0.478 e. The van der Waals surface area contributed by atoms with Crippen LogP contribution in [-0.2, 0) is 16.6 Å². The Labute approximate surface area is 120 Å². The molecule has 1 aromatic heterocycles. The Balaban J connectivity index is 2.11. The molecular weight excluding hydrogens is 298 g/mol. The molecular formula is C13H13NO4S2. The number of carboxylic acids is 1. The summed E-state index contributed by atoms with van der Waals surface area (Å²) in [5.74, 6) is -1.09. The Kier molecular flexibility index (Phi) is 4.22. The van der Waals surface area contributed by atoms with Crippen molar-refractivity contribution >= 4 is 27.3 Å². The van der Waals surface area contributed by atoms with Gasteiger partial charge in [-0.3, -0.25) is 0 Å². The first kappa shape index (κ1) is 14.7. The Morgan fingerprint density at radius 2 is 1.85 bits per heavy atom. The van der Waals surface area contributed by atoms with Crippen LogP contribution in [0, 0.1) is 6.92 Å². The van der Waals surface area contributed by atoms with E-state index in [0.717, 1.165) is 9.75 Å². The van der Waals surface area contributed by atoms with Gasteiger partial charge in [-0.25, -0.2) is 17.9 Å². The highest BCUT2D eigenvalue weighted by molar-refractivity contribution is 7.89. The number of carbonyl (C=O) groups is 1. The number of rotatable bonds is 5. The first-order valence-corrected chi connectivity index (χ1v) is 8.07. The van der Waals surface area contributed by atoms with Crippen molar-refractivity contribution in [2.24, 2.45) is 0 Å². The summed E-state index contributed by atoms with van der Waals surface area (Å²) in [4.78, 5) is 12.8. The summed E-state index contributed by atoms with van der Waals surface area (Å²) >= 11 is 1.53. The maximum Gasteiger partial charge on any atom is 0.335 e. The number of aromatic carboxylic acids is 1. The lowest BCUT2D eigenvalue weighted by Crippen LogP contribution is -2.22. The van der Waals surface area contributed by atoms with Gasteiger partial charge in [0, 0.05) is 16.3 Å². The number of hydrogen-bond donors (Lipinski definition) is 2. The SMILES string of the molecule is Cc1ccc(CNS(=O)(=O)c2ccc(C(=O)O)cc2)s1. The van der Waals surface area contributed by atoms with E-state index in [1.807, 2.05) is 19.1 Å². The predicted octanol–water partition coefficient (Wildman–Crippen LogP) is 2.23. The summed E-state index contributed by atoms with van der Waals surface area (Å²) in [5.41, 5.74) is 0.0535. The van der Waals surface area contributed by atoms with Crippen LogP contribution < -0.4 is 4.72 Å². The van der Waals surface area contributed by atoms with Crippen molar-refractivity contribution in [1.82, 2.24) is 4.72 Å². The summed E-state index contributed by atoms with van der Waals surface area (Å²) in [6, 6.07) is 8.90. The van der Waals surface area contributed by atoms with Crippen molar-refractivity contribution in [3.05, 3.63) is 51.7 Å². The molecule has 0 aliphatic heterocycles. The molecule has 0 unspecified atom stereocenters. The van der Waals surface area contributed by atoms with Gasteiger partial charge >= 0.3 is 5.97 Å². The van der Waals surface area contributed by atoms with Gasteiger partial charge in [0.1, 0.15) is 0 Å². The minimum atomic E-state index is -3.63. The van der Waals surface area contributed by atoms with E-state index in [-0.39, 0.29) is 17.0 Å². The van der Waals surface area contributed by atoms with Crippen molar-refractivity contribution in [2.45, 2.75) is 18.4 Å². The Bertz CT molecular complexity index is 717. The van der Waals surface area contributed by atoms with E-state index in [2.05, 4.69) is 4.72 Å². The molecule has 106 valence electrons. The molecule has 0 saturated carbocycles. The minimum absolute atomic E-state index is 0.0516. The van der Waals surface area contributed by atoms with Crippen LogP contribution in [0.15, 0.2) is 41.3 Å². The zero-order valence-electron chi connectivity index (χ0n) is 10.7. The highest BCUT2D eigenvalue weighted by Crippen LogP contribution is 2.16. The molecule has 0 aliphatic carbocycles. The van der Waals surface area contributed by atoms with Crippen LogP contribution in [-0.4, -0.2) is 19.5 Å². The summed E-state index contributed by atoms with van der Waals surface area (Å²) in [5, 5.41) is 8.77. The highest BCUT2D eigenvalue weighted by atomic mass is 32.2. The molecule has 0 atom stereocenters. The third-order valence-corrected chi connectivity index (χ3v) is 5.06. The smallest absolute Gasteiger partial charge is 0.335 e. The normalized spacial score (nSPS) is 11.4. The van der Waals surface area contributed by atoms with E-state index in [0.29, 0.717) is 0 Å². The van der Waals surface area contributed by atoms with Gasteiger partial charge in [0.2, 0.25) is 10.0 Å². The number of benzene rings is 1. The van der Waals surface area contributed by atoms with Gasteiger partial charge in [-0.1, -0.05) is 0 Å². The lowest BCUT2D eigenvalue weighted by Gasteiger charge is -2.05. The Morgan fingerprint density at radius 3 is 2.35 bits per heavy atom. The Morgan fingerprint density at radius 1 is 1.20 bits per heavy atom. The first-order valence-electron chi connectivity index (χ1n) is 5.77. The molecule has 7 heteroatoms.